The molecule has 3 rings (SSSR count). The third-order valence-corrected chi connectivity index (χ3v) is 3.48. The van der Waals surface area contributed by atoms with Crippen molar-refractivity contribution in [3.05, 3.63) is 41.3 Å². The first kappa shape index (κ1) is 19.2. The number of ketones is 1. The maximum Gasteiger partial charge on any atom is 0.490 e. The molecule has 0 aliphatic carbocycles. The van der Waals surface area contributed by atoms with Crippen LogP contribution < -0.4 is 5.32 Å². The SMILES string of the molecule is CC(=O)c1cc(-c2cc3c([nH]2)CCNC3=O)ccn1.O=C(O)C(F)(F)F. The molecule has 0 bridgehead atoms. The topological polar surface area (TPSA) is 112 Å². The Hall–Kier alpha value is -3.17. The van der Waals surface area contributed by atoms with Gasteiger partial charge in [-0.15, -0.1) is 0 Å². The highest BCUT2D eigenvalue weighted by Gasteiger charge is 2.38. The molecule has 1 amide bonds. The van der Waals surface area contributed by atoms with E-state index < -0.39 is 12.1 Å². The van der Waals surface area contributed by atoms with Crippen LogP contribution in [0.4, 0.5) is 13.2 Å². The number of alkyl halides is 3. The van der Waals surface area contributed by atoms with E-state index in [4.69, 9.17) is 9.90 Å². The normalized spacial score (nSPS) is 13.2. The maximum atomic E-state index is 11.7. The summed E-state index contributed by atoms with van der Waals surface area (Å²) in [7, 11) is 0. The average molecular weight is 369 g/mol. The molecule has 0 saturated carbocycles. The van der Waals surface area contributed by atoms with E-state index in [-0.39, 0.29) is 11.7 Å². The summed E-state index contributed by atoms with van der Waals surface area (Å²) in [5.41, 5.74) is 3.76. The summed E-state index contributed by atoms with van der Waals surface area (Å²) in [5.74, 6) is -2.88. The molecular formula is C16H14F3N3O4. The highest BCUT2D eigenvalue weighted by atomic mass is 19.4. The number of aliphatic carboxylic acids is 1. The van der Waals surface area contributed by atoms with Crippen molar-refractivity contribution >= 4 is 17.7 Å². The van der Waals surface area contributed by atoms with E-state index in [1.165, 1.54) is 6.92 Å². The van der Waals surface area contributed by atoms with E-state index in [0.717, 1.165) is 23.4 Å². The largest absolute Gasteiger partial charge is 0.490 e. The van der Waals surface area contributed by atoms with Crippen LogP contribution in [0.5, 0.6) is 0 Å². The smallest absolute Gasteiger partial charge is 0.475 e. The summed E-state index contributed by atoms with van der Waals surface area (Å²) >= 11 is 0. The molecule has 1 aliphatic heterocycles. The Morgan fingerprint density at radius 3 is 2.46 bits per heavy atom. The Balaban J connectivity index is 0.000000298. The first-order chi connectivity index (χ1) is 12.1. The number of H-pyrrole nitrogens is 1. The van der Waals surface area contributed by atoms with Gasteiger partial charge in [0.2, 0.25) is 0 Å². The van der Waals surface area contributed by atoms with Gasteiger partial charge in [0.25, 0.3) is 5.91 Å². The Morgan fingerprint density at radius 2 is 1.92 bits per heavy atom. The second-order valence-corrected chi connectivity index (χ2v) is 5.37. The fourth-order valence-electron chi connectivity index (χ4n) is 2.24. The predicted molar refractivity (Wildman–Crippen MR) is 83.8 cm³/mol. The molecule has 0 saturated heterocycles. The number of aromatic nitrogens is 2. The van der Waals surface area contributed by atoms with Crippen molar-refractivity contribution in [2.45, 2.75) is 19.5 Å². The van der Waals surface area contributed by atoms with Crippen LogP contribution in [-0.2, 0) is 11.2 Å². The summed E-state index contributed by atoms with van der Waals surface area (Å²) in [5, 5.41) is 9.93. The number of amides is 1. The van der Waals surface area contributed by atoms with Gasteiger partial charge in [0.05, 0.1) is 5.56 Å². The third-order valence-electron chi connectivity index (χ3n) is 3.48. The molecule has 3 N–H and O–H groups in total. The number of aromatic amines is 1. The zero-order valence-corrected chi connectivity index (χ0v) is 13.5. The van der Waals surface area contributed by atoms with Crippen molar-refractivity contribution in [1.82, 2.24) is 15.3 Å². The molecule has 26 heavy (non-hydrogen) atoms. The van der Waals surface area contributed by atoms with E-state index in [2.05, 4.69) is 15.3 Å². The van der Waals surface area contributed by atoms with E-state index >= 15 is 0 Å². The molecule has 0 unspecified atom stereocenters. The second-order valence-electron chi connectivity index (χ2n) is 5.37. The molecule has 2 aromatic rings. The summed E-state index contributed by atoms with van der Waals surface area (Å²) in [6.07, 6.45) is -2.68. The lowest BCUT2D eigenvalue weighted by molar-refractivity contribution is -0.192. The lowest BCUT2D eigenvalue weighted by Crippen LogP contribution is -2.31. The van der Waals surface area contributed by atoms with E-state index in [1.54, 1.807) is 12.3 Å². The Kier molecular flexibility index (Phi) is 5.44. The second kappa shape index (κ2) is 7.38. The van der Waals surface area contributed by atoms with Crippen LogP contribution >= 0.6 is 0 Å². The molecular weight excluding hydrogens is 355 g/mol. The minimum absolute atomic E-state index is 0.0513. The van der Waals surface area contributed by atoms with Crippen LogP contribution in [0.15, 0.2) is 24.4 Å². The predicted octanol–water partition coefficient (Wildman–Crippen LogP) is 2.20. The molecule has 7 nitrogen and oxygen atoms in total. The van der Waals surface area contributed by atoms with Gasteiger partial charge in [-0.1, -0.05) is 0 Å². The minimum atomic E-state index is -5.08. The van der Waals surface area contributed by atoms with Gasteiger partial charge in [0.15, 0.2) is 5.78 Å². The van der Waals surface area contributed by atoms with Crippen molar-refractivity contribution in [1.29, 1.82) is 0 Å². The van der Waals surface area contributed by atoms with Gasteiger partial charge in [-0.2, -0.15) is 13.2 Å². The van der Waals surface area contributed by atoms with Crippen LogP contribution in [0.3, 0.4) is 0 Å². The van der Waals surface area contributed by atoms with Crippen LogP contribution in [0.25, 0.3) is 11.3 Å². The van der Waals surface area contributed by atoms with Gasteiger partial charge in [-0.25, -0.2) is 4.79 Å². The lowest BCUT2D eigenvalue weighted by Gasteiger charge is -2.10. The van der Waals surface area contributed by atoms with Crippen molar-refractivity contribution in [2.75, 3.05) is 6.54 Å². The molecule has 2 aromatic heterocycles. The third kappa shape index (κ3) is 4.47. The highest BCUT2D eigenvalue weighted by Crippen LogP contribution is 2.24. The fraction of sp³-hybridized carbons (Fsp3) is 0.250. The summed E-state index contributed by atoms with van der Waals surface area (Å²) < 4.78 is 31.7. The van der Waals surface area contributed by atoms with Crippen LogP contribution in [0.2, 0.25) is 0 Å². The van der Waals surface area contributed by atoms with Crippen molar-refractivity contribution < 1.29 is 32.7 Å². The minimum Gasteiger partial charge on any atom is -0.475 e. The number of halogens is 3. The monoisotopic (exact) mass is 369 g/mol. The summed E-state index contributed by atoms with van der Waals surface area (Å²) in [6.45, 7) is 2.14. The molecule has 0 atom stereocenters. The highest BCUT2D eigenvalue weighted by molar-refractivity contribution is 5.98. The van der Waals surface area contributed by atoms with Crippen molar-refractivity contribution in [2.24, 2.45) is 0 Å². The number of hydrogen-bond acceptors (Lipinski definition) is 4. The average Bonchev–Trinajstić information content (AvgIpc) is 3.00. The fourth-order valence-corrected chi connectivity index (χ4v) is 2.24. The van der Waals surface area contributed by atoms with Gasteiger partial charge >= 0.3 is 12.1 Å². The number of carboxylic acids is 1. The zero-order chi connectivity index (χ0) is 19.5. The molecule has 138 valence electrons. The van der Waals surface area contributed by atoms with Gasteiger partial charge in [0.1, 0.15) is 5.69 Å². The molecule has 10 heteroatoms. The number of rotatable bonds is 2. The quantitative estimate of drug-likeness (QED) is 0.703. The molecule has 1 aliphatic rings. The first-order valence-corrected chi connectivity index (χ1v) is 7.37. The number of carbonyl (C=O) groups excluding carboxylic acids is 2. The summed E-state index contributed by atoms with van der Waals surface area (Å²) in [6, 6.07) is 5.38. The Labute approximate surface area is 145 Å². The molecule has 0 radical (unpaired) electrons. The Morgan fingerprint density at radius 1 is 1.27 bits per heavy atom. The number of nitrogens with zero attached hydrogens (tertiary/aromatic N) is 1. The van der Waals surface area contributed by atoms with Crippen molar-refractivity contribution in [3.8, 4) is 11.3 Å². The number of carboxylic acid groups (broad SMARTS) is 1. The first-order valence-electron chi connectivity index (χ1n) is 7.37. The van der Waals surface area contributed by atoms with E-state index in [1.807, 2.05) is 12.1 Å². The number of Topliss-reactive ketones (excluding diaryl/α,β-unsaturated/α-hetero) is 1. The number of fused-ring (bicyclic) bond motifs is 1. The van der Waals surface area contributed by atoms with E-state index in [9.17, 15) is 22.8 Å². The van der Waals surface area contributed by atoms with Crippen LogP contribution in [0.1, 0.15) is 33.5 Å². The maximum absolute atomic E-state index is 11.7. The van der Waals surface area contributed by atoms with Gasteiger partial charge in [0, 0.05) is 43.0 Å². The number of hydrogen-bond donors (Lipinski definition) is 3. The van der Waals surface area contributed by atoms with Crippen molar-refractivity contribution in [3.63, 3.8) is 0 Å². The van der Waals surface area contributed by atoms with E-state index in [0.29, 0.717) is 17.8 Å². The van der Waals surface area contributed by atoms with Crippen LogP contribution in [-0.4, -0.2) is 45.5 Å². The Bertz CT molecular complexity index is 859. The van der Waals surface area contributed by atoms with Gasteiger partial charge < -0.3 is 15.4 Å². The lowest BCUT2D eigenvalue weighted by atomic mass is 10.1. The molecule has 0 fully saturated rings. The molecule has 3 heterocycles. The summed E-state index contributed by atoms with van der Waals surface area (Å²) in [4.78, 5) is 39.2. The van der Waals surface area contributed by atoms with Gasteiger partial charge in [-0.3, -0.25) is 14.6 Å². The number of carbonyl (C=O) groups is 3. The molecule has 0 spiro atoms. The zero-order valence-electron chi connectivity index (χ0n) is 13.5. The number of pyridine rings is 1. The van der Waals surface area contributed by atoms with Gasteiger partial charge in [-0.05, 0) is 18.2 Å². The van der Waals surface area contributed by atoms with Crippen LogP contribution in [0, 0.1) is 0 Å². The number of nitrogens with one attached hydrogen (secondary N) is 2. The molecule has 0 aromatic carbocycles. The standard InChI is InChI=1S/C14H13N3O2.C2HF3O2/c1-8(18)12-6-9(2-4-15-12)13-7-10-11(17-13)3-5-16-14(10)19;3-2(4,5)1(6)7/h2,4,6-7,17H,3,5H2,1H3,(H,16,19);(H,6,7).